The van der Waals surface area contributed by atoms with E-state index in [-0.39, 0.29) is 11.9 Å². The van der Waals surface area contributed by atoms with Crippen molar-refractivity contribution in [2.45, 2.75) is 13.5 Å². The van der Waals surface area contributed by atoms with Gasteiger partial charge in [-0.2, -0.15) is 4.73 Å². The van der Waals surface area contributed by atoms with Gasteiger partial charge in [0.05, 0.1) is 29.5 Å². The molecular weight excluding hydrogens is 362 g/mol. The van der Waals surface area contributed by atoms with Crippen LogP contribution in [-0.4, -0.2) is 9.97 Å². The molecule has 0 aliphatic heterocycles. The molecule has 140 valence electrons. The Balaban J connectivity index is 1.89. The molecule has 0 saturated heterocycles. The number of nitrogens with zero attached hydrogens (tertiary/aromatic N) is 4. The lowest BCUT2D eigenvalue weighted by Crippen LogP contribution is -2.28. The predicted molar refractivity (Wildman–Crippen MR) is 102 cm³/mol. The molecule has 0 fully saturated rings. The number of hydrogen-bond donors (Lipinski definition) is 0. The maximum atomic E-state index is 14.2. The molecule has 7 heteroatoms. The maximum absolute atomic E-state index is 14.2. The van der Waals surface area contributed by atoms with Gasteiger partial charge in [0.1, 0.15) is 6.33 Å². The van der Waals surface area contributed by atoms with Crippen molar-refractivity contribution in [1.82, 2.24) is 9.97 Å². The first-order valence-corrected chi connectivity index (χ1v) is 8.63. The van der Waals surface area contributed by atoms with Crippen LogP contribution in [0.5, 0.6) is 0 Å². The van der Waals surface area contributed by atoms with E-state index in [1.165, 1.54) is 18.6 Å². The highest BCUT2D eigenvalue weighted by molar-refractivity contribution is 5.85. The SMILES string of the molecule is Cc1ncncc1N(Cc1c[n+]([O-])cc2c(F)c(F)ccc12)c1ccccc1. The lowest BCUT2D eigenvalue weighted by molar-refractivity contribution is -0.604. The van der Waals surface area contributed by atoms with E-state index in [1.807, 2.05) is 42.2 Å². The van der Waals surface area contributed by atoms with Gasteiger partial charge in [-0.05, 0) is 25.1 Å². The van der Waals surface area contributed by atoms with E-state index >= 15 is 0 Å². The number of aryl methyl sites for hydroxylation is 1. The minimum absolute atomic E-state index is 0.0541. The molecule has 0 unspecified atom stereocenters. The molecule has 0 N–H and O–H groups in total. The molecule has 0 spiro atoms. The molecule has 5 nitrogen and oxygen atoms in total. The number of hydrogen-bond acceptors (Lipinski definition) is 4. The zero-order valence-corrected chi connectivity index (χ0v) is 15.0. The summed E-state index contributed by atoms with van der Waals surface area (Å²) in [4.78, 5) is 10.3. The van der Waals surface area contributed by atoms with Crippen molar-refractivity contribution >= 4 is 22.1 Å². The number of rotatable bonds is 4. The predicted octanol–water partition coefficient (Wildman–Crippen LogP) is 4.19. The Morgan fingerprint density at radius 1 is 1.04 bits per heavy atom. The molecular formula is C21H16F2N4O. The Bertz CT molecular complexity index is 1150. The Kier molecular flexibility index (Phi) is 4.57. The van der Waals surface area contributed by atoms with Crippen molar-refractivity contribution < 1.29 is 13.5 Å². The van der Waals surface area contributed by atoms with Gasteiger partial charge in [0.15, 0.2) is 24.0 Å². The summed E-state index contributed by atoms with van der Waals surface area (Å²) < 4.78 is 28.4. The van der Waals surface area contributed by atoms with Gasteiger partial charge in [-0.1, -0.05) is 24.3 Å². The van der Waals surface area contributed by atoms with Gasteiger partial charge in [-0.3, -0.25) is 0 Å². The van der Waals surface area contributed by atoms with Crippen molar-refractivity contribution in [1.29, 1.82) is 0 Å². The average Bonchev–Trinajstić information content (AvgIpc) is 2.70. The van der Waals surface area contributed by atoms with Gasteiger partial charge in [-0.25, -0.2) is 18.7 Å². The van der Waals surface area contributed by atoms with Crippen LogP contribution in [0.25, 0.3) is 10.8 Å². The van der Waals surface area contributed by atoms with Crippen LogP contribution in [0.3, 0.4) is 0 Å². The van der Waals surface area contributed by atoms with E-state index in [2.05, 4.69) is 9.97 Å². The fourth-order valence-electron chi connectivity index (χ4n) is 3.23. The van der Waals surface area contributed by atoms with Crippen LogP contribution >= 0.6 is 0 Å². The molecule has 0 aliphatic rings. The van der Waals surface area contributed by atoms with Crippen molar-refractivity contribution in [3.05, 3.63) is 95.5 Å². The molecule has 0 saturated carbocycles. The Morgan fingerprint density at radius 3 is 2.57 bits per heavy atom. The molecule has 0 atom stereocenters. The van der Waals surface area contributed by atoms with Crippen molar-refractivity contribution in [3.63, 3.8) is 0 Å². The van der Waals surface area contributed by atoms with Crippen molar-refractivity contribution in [2.24, 2.45) is 0 Å². The van der Waals surface area contributed by atoms with E-state index in [9.17, 15) is 14.0 Å². The topological polar surface area (TPSA) is 56.0 Å². The molecule has 28 heavy (non-hydrogen) atoms. The third-order valence-electron chi connectivity index (χ3n) is 4.59. The van der Waals surface area contributed by atoms with Gasteiger partial charge in [0, 0.05) is 16.6 Å². The summed E-state index contributed by atoms with van der Waals surface area (Å²) in [6.45, 7) is 2.11. The number of pyridine rings is 1. The summed E-state index contributed by atoms with van der Waals surface area (Å²) in [5.41, 5.74) is 2.92. The standard InChI is InChI=1S/C21H16F2N4O/c1-14-20(9-24-13-25-14)27(16-5-3-2-4-6-16)11-15-10-26(28)12-18-17(15)7-8-19(22)21(18)23/h2-10,12-13H,11H2,1H3. The van der Waals surface area contributed by atoms with E-state index in [1.54, 1.807) is 6.20 Å². The van der Waals surface area contributed by atoms with Gasteiger partial charge in [0.2, 0.25) is 0 Å². The number of aromatic nitrogens is 3. The van der Waals surface area contributed by atoms with Crippen LogP contribution < -0.4 is 9.63 Å². The summed E-state index contributed by atoms with van der Waals surface area (Å²) in [5.74, 6) is -2.02. The van der Waals surface area contributed by atoms with E-state index in [4.69, 9.17) is 0 Å². The Morgan fingerprint density at radius 2 is 1.82 bits per heavy atom. The number of fused-ring (bicyclic) bond motifs is 1. The summed E-state index contributed by atoms with van der Waals surface area (Å²) >= 11 is 0. The summed E-state index contributed by atoms with van der Waals surface area (Å²) in [5, 5.41) is 12.5. The van der Waals surface area contributed by atoms with Gasteiger partial charge < -0.3 is 10.1 Å². The summed E-state index contributed by atoms with van der Waals surface area (Å²) in [6, 6.07) is 12.1. The quantitative estimate of drug-likeness (QED) is 0.395. The molecule has 4 aromatic rings. The molecule has 0 radical (unpaired) electrons. The molecule has 4 rings (SSSR count). The number of halogens is 2. The highest BCUT2D eigenvalue weighted by Crippen LogP contribution is 2.31. The van der Waals surface area contributed by atoms with E-state index in [0.717, 1.165) is 29.3 Å². The first-order chi connectivity index (χ1) is 13.5. The van der Waals surface area contributed by atoms with Crippen LogP contribution in [0.2, 0.25) is 0 Å². The molecule has 0 amide bonds. The minimum atomic E-state index is -1.03. The maximum Gasteiger partial charge on any atom is 0.191 e. The van der Waals surface area contributed by atoms with Crippen LogP contribution in [-0.2, 0) is 6.54 Å². The van der Waals surface area contributed by atoms with E-state index < -0.39 is 11.6 Å². The fraction of sp³-hybridized carbons (Fsp3) is 0.0952. The van der Waals surface area contributed by atoms with Crippen molar-refractivity contribution in [3.8, 4) is 0 Å². The third-order valence-corrected chi connectivity index (χ3v) is 4.59. The van der Waals surface area contributed by atoms with Crippen molar-refractivity contribution in [2.75, 3.05) is 4.90 Å². The first kappa shape index (κ1) is 17.8. The first-order valence-electron chi connectivity index (χ1n) is 8.63. The van der Waals surface area contributed by atoms with Gasteiger partial charge in [0.25, 0.3) is 0 Å². The second-order valence-corrected chi connectivity index (χ2v) is 6.38. The molecule has 0 aliphatic carbocycles. The second kappa shape index (κ2) is 7.19. The fourth-order valence-corrected chi connectivity index (χ4v) is 3.23. The zero-order chi connectivity index (χ0) is 19.7. The van der Waals surface area contributed by atoms with Gasteiger partial charge in [-0.15, -0.1) is 0 Å². The van der Waals surface area contributed by atoms with Crippen LogP contribution in [0.15, 0.2) is 67.4 Å². The van der Waals surface area contributed by atoms with Crippen LogP contribution in [0.1, 0.15) is 11.3 Å². The minimum Gasteiger partial charge on any atom is -0.619 e. The number of benzene rings is 2. The number of anilines is 2. The molecule has 2 aromatic heterocycles. The molecule has 2 heterocycles. The summed E-state index contributed by atoms with van der Waals surface area (Å²) in [7, 11) is 0. The normalized spacial score (nSPS) is 11.0. The lowest BCUT2D eigenvalue weighted by Gasteiger charge is -2.26. The molecule has 0 bridgehead atoms. The third kappa shape index (κ3) is 3.22. The highest BCUT2D eigenvalue weighted by Gasteiger charge is 2.19. The monoisotopic (exact) mass is 378 g/mol. The lowest BCUT2D eigenvalue weighted by atomic mass is 10.1. The molecule has 2 aromatic carbocycles. The van der Waals surface area contributed by atoms with E-state index in [0.29, 0.717) is 15.7 Å². The largest absolute Gasteiger partial charge is 0.619 e. The van der Waals surface area contributed by atoms with Crippen LogP contribution in [0.4, 0.5) is 20.2 Å². The Labute approximate surface area is 160 Å². The zero-order valence-electron chi connectivity index (χ0n) is 15.0. The highest BCUT2D eigenvalue weighted by atomic mass is 19.2. The average molecular weight is 378 g/mol. The van der Waals surface area contributed by atoms with Crippen LogP contribution in [0, 0.1) is 23.8 Å². The second-order valence-electron chi connectivity index (χ2n) is 6.38. The van der Waals surface area contributed by atoms with Gasteiger partial charge >= 0.3 is 0 Å². The Hall–Kier alpha value is -3.61. The summed E-state index contributed by atoms with van der Waals surface area (Å²) in [6.07, 6.45) is 5.56. The smallest absolute Gasteiger partial charge is 0.191 e. The number of para-hydroxylation sites is 1.